The van der Waals surface area contributed by atoms with E-state index in [9.17, 15) is 4.39 Å². The molecule has 2 aromatic rings. The zero-order valence-corrected chi connectivity index (χ0v) is 10.3. The SMILES string of the molecule is CNCc1nc(-c2ccc(F)cc2)n(C)c1C. The fourth-order valence-corrected chi connectivity index (χ4v) is 1.83. The van der Waals surface area contributed by atoms with Gasteiger partial charge in [-0.15, -0.1) is 0 Å². The molecule has 0 aliphatic heterocycles. The van der Waals surface area contributed by atoms with Crippen molar-refractivity contribution in [3.8, 4) is 11.4 Å². The van der Waals surface area contributed by atoms with Crippen LogP contribution in [0.1, 0.15) is 11.4 Å². The smallest absolute Gasteiger partial charge is 0.140 e. The number of halogens is 1. The number of nitrogens with one attached hydrogen (secondary N) is 1. The van der Waals surface area contributed by atoms with E-state index in [0.29, 0.717) is 0 Å². The lowest BCUT2D eigenvalue weighted by Gasteiger charge is -2.02. The summed E-state index contributed by atoms with van der Waals surface area (Å²) in [6.07, 6.45) is 0. The summed E-state index contributed by atoms with van der Waals surface area (Å²) in [5.41, 5.74) is 3.08. The van der Waals surface area contributed by atoms with Gasteiger partial charge < -0.3 is 9.88 Å². The van der Waals surface area contributed by atoms with Gasteiger partial charge in [0.2, 0.25) is 0 Å². The van der Waals surface area contributed by atoms with E-state index in [1.54, 1.807) is 12.1 Å². The van der Waals surface area contributed by atoms with Crippen molar-refractivity contribution in [2.75, 3.05) is 7.05 Å². The predicted octanol–water partition coefficient (Wildman–Crippen LogP) is 2.25. The molecule has 1 N–H and O–H groups in total. The molecule has 17 heavy (non-hydrogen) atoms. The highest BCUT2D eigenvalue weighted by Gasteiger charge is 2.11. The maximum atomic E-state index is 12.9. The summed E-state index contributed by atoms with van der Waals surface area (Å²) in [7, 11) is 3.87. The second kappa shape index (κ2) is 4.67. The van der Waals surface area contributed by atoms with Crippen LogP contribution in [0.2, 0.25) is 0 Å². The molecule has 0 aliphatic carbocycles. The molecule has 0 saturated heterocycles. The molecule has 0 atom stereocenters. The number of hydrogen-bond acceptors (Lipinski definition) is 2. The van der Waals surface area contributed by atoms with Gasteiger partial charge in [0.1, 0.15) is 11.6 Å². The first-order chi connectivity index (χ1) is 8.13. The number of imidazole rings is 1. The van der Waals surface area contributed by atoms with Crippen LogP contribution in [-0.4, -0.2) is 16.6 Å². The Morgan fingerprint density at radius 2 is 1.94 bits per heavy atom. The Balaban J connectivity index is 2.45. The molecule has 0 fully saturated rings. The predicted molar refractivity (Wildman–Crippen MR) is 66.1 cm³/mol. The minimum Gasteiger partial charge on any atom is -0.331 e. The van der Waals surface area contributed by atoms with E-state index in [2.05, 4.69) is 10.3 Å². The van der Waals surface area contributed by atoms with Crippen LogP contribution in [0.3, 0.4) is 0 Å². The van der Waals surface area contributed by atoms with Crippen molar-refractivity contribution in [3.05, 3.63) is 41.5 Å². The summed E-state index contributed by atoms with van der Waals surface area (Å²) < 4.78 is 14.9. The Hall–Kier alpha value is -1.68. The molecule has 4 heteroatoms. The number of nitrogens with zero attached hydrogens (tertiary/aromatic N) is 2. The Morgan fingerprint density at radius 1 is 1.29 bits per heavy atom. The Bertz CT molecular complexity index is 514. The van der Waals surface area contributed by atoms with Crippen molar-refractivity contribution in [1.29, 1.82) is 0 Å². The minimum absolute atomic E-state index is 0.227. The van der Waals surface area contributed by atoms with Crippen LogP contribution in [0.15, 0.2) is 24.3 Å². The van der Waals surface area contributed by atoms with Crippen LogP contribution in [0.5, 0.6) is 0 Å². The second-order valence-electron chi connectivity index (χ2n) is 4.06. The van der Waals surface area contributed by atoms with E-state index in [0.717, 1.165) is 29.3 Å². The maximum absolute atomic E-state index is 12.9. The highest BCUT2D eigenvalue weighted by atomic mass is 19.1. The van der Waals surface area contributed by atoms with Crippen molar-refractivity contribution < 1.29 is 4.39 Å². The highest BCUT2D eigenvalue weighted by molar-refractivity contribution is 5.56. The molecule has 0 saturated carbocycles. The molecular weight excluding hydrogens is 217 g/mol. The van der Waals surface area contributed by atoms with Gasteiger partial charge in [-0.25, -0.2) is 9.37 Å². The third-order valence-corrected chi connectivity index (χ3v) is 2.93. The molecule has 0 radical (unpaired) electrons. The van der Waals surface area contributed by atoms with Crippen molar-refractivity contribution in [3.63, 3.8) is 0 Å². The van der Waals surface area contributed by atoms with Gasteiger partial charge in [0, 0.05) is 24.8 Å². The third-order valence-electron chi connectivity index (χ3n) is 2.93. The van der Waals surface area contributed by atoms with E-state index in [4.69, 9.17) is 0 Å². The first-order valence-electron chi connectivity index (χ1n) is 5.56. The summed E-state index contributed by atoms with van der Waals surface area (Å²) in [4.78, 5) is 4.58. The first-order valence-corrected chi connectivity index (χ1v) is 5.56. The van der Waals surface area contributed by atoms with Gasteiger partial charge in [0.05, 0.1) is 5.69 Å². The van der Waals surface area contributed by atoms with Crippen LogP contribution >= 0.6 is 0 Å². The molecule has 2 rings (SSSR count). The summed E-state index contributed by atoms with van der Waals surface area (Å²) in [6, 6.07) is 6.41. The van der Waals surface area contributed by atoms with E-state index in [1.807, 2.05) is 25.6 Å². The molecular formula is C13H16FN3. The van der Waals surface area contributed by atoms with Gasteiger partial charge in [0.15, 0.2) is 0 Å². The lowest BCUT2D eigenvalue weighted by atomic mass is 10.2. The van der Waals surface area contributed by atoms with E-state index in [-0.39, 0.29) is 5.82 Å². The van der Waals surface area contributed by atoms with Gasteiger partial charge in [0.25, 0.3) is 0 Å². The fourth-order valence-electron chi connectivity index (χ4n) is 1.83. The molecule has 0 spiro atoms. The largest absolute Gasteiger partial charge is 0.331 e. The van der Waals surface area contributed by atoms with Gasteiger partial charge in [-0.2, -0.15) is 0 Å². The zero-order chi connectivity index (χ0) is 12.4. The van der Waals surface area contributed by atoms with E-state index >= 15 is 0 Å². The standard InChI is InChI=1S/C13H16FN3/c1-9-12(8-15-2)16-13(17(9)3)10-4-6-11(14)7-5-10/h4-7,15H,8H2,1-3H3. The van der Waals surface area contributed by atoms with Crippen molar-refractivity contribution in [2.45, 2.75) is 13.5 Å². The normalized spacial score (nSPS) is 10.8. The van der Waals surface area contributed by atoms with Crippen LogP contribution < -0.4 is 5.32 Å². The molecule has 0 unspecified atom stereocenters. The Morgan fingerprint density at radius 3 is 2.53 bits per heavy atom. The first kappa shape index (κ1) is 11.8. The van der Waals surface area contributed by atoms with Crippen molar-refractivity contribution in [1.82, 2.24) is 14.9 Å². The van der Waals surface area contributed by atoms with Gasteiger partial charge in [-0.1, -0.05) is 0 Å². The third kappa shape index (κ3) is 2.22. The fraction of sp³-hybridized carbons (Fsp3) is 0.308. The van der Waals surface area contributed by atoms with Crippen LogP contribution in [0, 0.1) is 12.7 Å². The average molecular weight is 233 g/mol. The van der Waals surface area contributed by atoms with E-state index in [1.165, 1.54) is 12.1 Å². The lowest BCUT2D eigenvalue weighted by Crippen LogP contribution is -2.07. The quantitative estimate of drug-likeness (QED) is 0.881. The van der Waals surface area contributed by atoms with Crippen molar-refractivity contribution >= 4 is 0 Å². The number of rotatable bonds is 3. The Kier molecular flexibility index (Phi) is 3.24. The Labute approximate surface area is 100 Å². The molecule has 90 valence electrons. The zero-order valence-electron chi connectivity index (χ0n) is 10.3. The maximum Gasteiger partial charge on any atom is 0.140 e. The molecule has 1 aromatic carbocycles. The highest BCUT2D eigenvalue weighted by Crippen LogP contribution is 2.21. The summed E-state index contributed by atoms with van der Waals surface area (Å²) in [5.74, 6) is 0.642. The number of benzene rings is 1. The minimum atomic E-state index is -0.227. The lowest BCUT2D eigenvalue weighted by molar-refractivity contribution is 0.628. The molecule has 3 nitrogen and oxygen atoms in total. The van der Waals surface area contributed by atoms with Gasteiger partial charge in [-0.3, -0.25) is 0 Å². The summed E-state index contributed by atoms with van der Waals surface area (Å²) >= 11 is 0. The van der Waals surface area contributed by atoms with Gasteiger partial charge in [-0.05, 0) is 38.2 Å². The van der Waals surface area contributed by atoms with Crippen LogP contribution in [-0.2, 0) is 13.6 Å². The van der Waals surface area contributed by atoms with Crippen molar-refractivity contribution in [2.24, 2.45) is 7.05 Å². The molecule has 1 heterocycles. The summed E-state index contributed by atoms with van der Waals surface area (Å²) in [5, 5.41) is 3.09. The second-order valence-corrected chi connectivity index (χ2v) is 4.06. The molecule has 0 amide bonds. The molecule has 0 bridgehead atoms. The topological polar surface area (TPSA) is 29.9 Å². The van der Waals surface area contributed by atoms with Gasteiger partial charge >= 0.3 is 0 Å². The summed E-state index contributed by atoms with van der Waals surface area (Å²) in [6.45, 7) is 2.77. The van der Waals surface area contributed by atoms with Crippen LogP contribution in [0.4, 0.5) is 4.39 Å². The molecule has 1 aromatic heterocycles. The average Bonchev–Trinajstić information content (AvgIpc) is 2.59. The monoisotopic (exact) mass is 233 g/mol. The number of aromatic nitrogens is 2. The van der Waals surface area contributed by atoms with E-state index < -0.39 is 0 Å². The van der Waals surface area contributed by atoms with Crippen LogP contribution in [0.25, 0.3) is 11.4 Å². The molecule has 0 aliphatic rings. The number of hydrogen-bond donors (Lipinski definition) is 1.